The molecule has 0 saturated heterocycles. The van der Waals surface area contributed by atoms with Crippen LogP contribution in [0.15, 0.2) is 140 Å². The number of halogens is 2. The van der Waals surface area contributed by atoms with Crippen molar-refractivity contribution < 1.29 is 0 Å². The van der Waals surface area contributed by atoms with Gasteiger partial charge in [0.05, 0.1) is 0 Å². The van der Waals surface area contributed by atoms with Crippen molar-refractivity contribution in [1.29, 1.82) is 0 Å². The standard InChI is InChI=1S/C32H20Br2S/c33-25-11-5-9-23(19-25)31-27-13-3-1-7-21(27)15-17-29(31)35-30-18-16-22-8-2-4-14-28(22)32(30)24-10-6-12-26(34)20-24/h1-20H. The average molecular weight is 596 g/mol. The maximum Gasteiger partial charge on any atom is 0.0207 e. The Labute approximate surface area is 226 Å². The molecule has 0 radical (unpaired) electrons. The number of benzene rings is 6. The number of rotatable bonds is 4. The molecule has 35 heavy (non-hydrogen) atoms. The second-order valence-electron chi connectivity index (χ2n) is 8.44. The van der Waals surface area contributed by atoms with Gasteiger partial charge >= 0.3 is 0 Å². The van der Waals surface area contributed by atoms with E-state index in [1.54, 1.807) is 0 Å². The smallest absolute Gasteiger partial charge is 0.0207 e. The molecule has 0 aliphatic rings. The maximum absolute atomic E-state index is 3.68. The molecular weight excluding hydrogens is 576 g/mol. The first-order valence-corrected chi connectivity index (χ1v) is 13.8. The van der Waals surface area contributed by atoms with Crippen LogP contribution in [0, 0.1) is 0 Å². The summed E-state index contributed by atoms with van der Waals surface area (Å²) in [6.07, 6.45) is 0. The largest absolute Gasteiger partial charge is 0.0888 e. The molecule has 0 amide bonds. The van der Waals surface area contributed by atoms with E-state index in [-0.39, 0.29) is 0 Å². The fourth-order valence-electron chi connectivity index (χ4n) is 4.68. The summed E-state index contributed by atoms with van der Waals surface area (Å²) in [7, 11) is 0. The van der Waals surface area contributed by atoms with Crippen molar-refractivity contribution in [3.8, 4) is 22.3 Å². The van der Waals surface area contributed by atoms with E-state index in [0.717, 1.165) is 8.95 Å². The van der Waals surface area contributed by atoms with Crippen LogP contribution in [0.25, 0.3) is 43.8 Å². The Balaban J connectivity index is 1.60. The van der Waals surface area contributed by atoms with Crippen LogP contribution in [0.4, 0.5) is 0 Å². The van der Waals surface area contributed by atoms with Crippen molar-refractivity contribution in [1.82, 2.24) is 0 Å². The zero-order valence-electron chi connectivity index (χ0n) is 18.7. The van der Waals surface area contributed by atoms with Gasteiger partial charge in [0.25, 0.3) is 0 Å². The molecule has 6 aromatic carbocycles. The molecular formula is C32H20Br2S. The first-order chi connectivity index (χ1) is 17.2. The molecule has 0 atom stereocenters. The minimum Gasteiger partial charge on any atom is -0.0888 e. The molecule has 0 nitrogen and oxygen atoms in total. The van der Waals surface area contributed by atoms with E-state index >= 15 is 0 Å². The summed E-state index contributed by atoms with van der Waals surface area (Å²) in [5.41, 5.74) is 4.96. The summed E-state index contributed by atoms with van der Waals surface area (Å²) in [5.74, 6) is 0. The van der Waals surface area contributed by atoms with Crippen molar-refractivity contribution in [2.24, 2.45) is 0 Å². The van der Waals surface area contributed by atoms with Crippen LogP contribution in [0.1, 0.15) is 0 Å². The Morgan fingerprint density at radius 3 is 1.34 bits per heavy atom. The molecule has 0 spiro atoms. The lowest BCUT2D eigenvalue weighted by molar-refractivity contribution is 1.42. The monoisotopic (exact) mass is 594 g/mol. The molecule has 0 aliphatic carbocycles. The van der Waals surface area contributed by atoms with Gasteiger partial charge < -0.3 is 0 Å². The van der Waals surface area contributed by atoms with Crippen LogP contribution in [-0.2, 0) is 0 Å². The number of hydrogen-bond acceptors (Lipinski definition) is 1. The molecule has 3 heteroatoms. The molecule has 6 rings (SSSR count). The first-order valence-electron chi connectivity index (χ1n) is 11.4. The topological polar surface area (TPSA) is 0 Å². The minimum absolute atomic E-state index is 1.08. The van der Waals surface area contributed by atoms with Gasteiger partial charge in [-0.15, -0.1) is 0 Å². The number of hydrogen-bond donors (Lipinski definition) is 0. The molecule has 0 unspecified atom stereocenters. The third kappa shape index (κ3) is 4.45. The molecule has 6 aromatic rings. The maximum atomic E-state index is 3.68. The van der Waals surface area contributed by atoms with Crippen molar-refractivity contribution in [3.63, 3.8) is 0 Å². The Kier molecular flexibility index (Phi) is 6.24. The van der Waals surface area contributed by atoms with E-state index in [4.69, 9.17) is 0 Å². The van der Waals surface area contributed by atoms with Crippen LogP contribution in [0.5, 0.6) is 0 Å². The van der Waals surface area contributed by atoms with Gasteiger partial charge in [-0.2, -0.15) is 0 Å². The van der Waals surface area contributed by atoms with Gasteiger partial charge in [0.15, 0.2) is 0 Å². The highest BCUT2D eigenvalue weighted by molar-refractivity contribution is 9.10. The molecule has 0 fully saturated rings. The van der Waals surface area contributed by atoms with Gasteiger partial charge in [0.2, 0.25) is 0 Å². The summed E-state index contributed by atoms with van der Waals surface area (Å²) in [4.78, 5) is 2.49. The lowest BCUT2D eigenvalue weighted by Crippen LogP contribution is -1.89. The van der Waals surface area contributed by atoms with Crippen molar-refractivity contribution in [2.45, 2.75) is 9.79 Å². The third-order valence-corrected chi connectivity index (χ3v) is 8.33. The Hall–Kier alpha value is -2.85. The van der Waals surface area contributed by atoms with Crippen LogP contribution >= 0.6 is 43.6 Å². The summed E-state index contributed by atoms with van der Waals surface area (Å²) in [6, 6.07) is 43.5. The molecule has 0 aliphatic heterocycles. The van der Waals surface area contributed by atoms with Gasteiger partial charge in [0.1, 0.15) is 0 Å². The van der Waals surface area contributed by atoms with E-state index < -0.39 is 0 Å². The van der Waals surface area contributed by atoms with E-state index in [0.29, 0.717) is 0 Å². The Bertz CT molecular complexity index is 1580. The van der Waals surface area contributed by atoms with E-state index in [2.05, 4.69) is 153 Å². The second-order valence-corrected chi connectivity index (χ2v) is 11.4. The van der Waals surface area contributed by atoms with Gasteiger partial charge in [0, 0.05) is 29.9 Å². The predicted octanol–water partition coefficient (Wildman–Crippen LogP) is 11.0. The van der Waals surface area contributed by atoms with Gasteiger partial charge in [-0.1, -0.05) is 129 Å². The molecule has 0 bridgehead atoms. The van der Waals surface area contributed by atoms with Gasteiger partial charge in [-0.3, -0.25) is 0 Å². The second kappa shape index (κ2) is 9.66. The van der Waals surface area contributed by atoms with E-state index in [9.17, 15) is 0 Å². The normalized spacial score (nSPS) is 11.3. The van der Waals surface area contributed by atoms with Crippen LogP contribution < -0.4 is 0 Å². The van der Waals surface area contributed by atoms with E-state index in [1.165, 1.54) is 53.6 Å². The first kappa shape index (κ1) is 22.6. The molecule has 0 saturated carbocycles. The summed E-state index contributed by atoms with van der Waals surface area (Å²) < 4.78 is 2.17. The SMILES string of the molecule is Brc1cccc(-c2c(Sc3ccc4ccccc4c3-c3cccc(Br)c3)ccc3ccccc23)c1. The highest BCUT2D eigenvalue weighted by atomic mass is 79.9. The zero-order chi connectivity index (χ0) is 23.8. The zero-order valence-corrected chi connectivity index (χ0v) is 22.7. The Morgan fingerprint density at radius 1 is 0.429 bits per heavy atom. The predicted molar refractivity (Wildman–Crippen MR) is 158 cm³/mol. The van der Waals surface area contributed by atoms with Crippen LogP contribution in [0.2, 0.25) is 0 Å². The highest BCUT2D eigenvalue weighted by Crippen LogP contribution is 2.46. The lowest BCUT2D eigenvalue weighted by atomic mass is 9.98. The van der Waals surface area contributed by atoms with Crippen LogP contribution in [-0.4, -0.2) is 0 Å². The van der Waals surface area contributed by atoms with Crippen molar-refractivity contribution in [2.75, 3.05) is 0 Å². The number of fused-ring (bicyclic) bond motifs is 2. The molecule has 0 N–H and O–H groups in total. The van der Waals surface area contributed by atoms with Crippen LogP contribution in [0.3, 0.4) is 0 Å². The highest BCUT2D eigenvalue weighted by Gasteiger charge is 2.16. The fourth-order valence-corrected chi connectivity index (χ4v) is 6.64. The quantitative estimate of drug-likeness (QED) is 0.195. The average Bonchev–Trinajstić information content (AvgIpc) is 2.88. The van der Waals surface area contributed by atoms with Gasteiger partial charge in [-0.05, 0) is 69.1 Å². The summed E-state index contributed by atoms with van der Waals surface area (Å²) >= 11 is 9.20. The lowest BCUT2D eigenvalue weighted by Gasteiger charge is -2.17. The van der Waals surface area contributed by atoms with Gasteiger partial charge in [-0.25, -0.2) is 0 Å². The molecule has 0 heterocycles. The van der Waals surface area contributed by atoms with Crippen molar-refractivity contribution in [3.05, 3.63) is 130 Å². The summed E-state index contributed by atoms with van der Waals surface area (Å²) in [6.45, 7) is 0. The Morgan fingerprint density at radius 2 is 0.886 bits per heavy atom. The summed E-state index contributed by atoms with van der Waals surface area (Å²) in [5, 5.41) is 5.02. The fraction of sp³-hybridized carbons (Fsp3) is 0. The van der Waals surface area contributed by atoms with Crippen molar-refractivity contribution >= 4 is 65.2 Å². The minimum atomic E-state index is 1.08. The third-order valence-electron chi connectivity index (χ3n) is 6.23. The van der Waals surface area contributed by atoms with E-state index in [1.807, 2.05) is 11.8 Å². The molecule has 0 aromatic heterocycles. The molecule has 168 valence electrons.